The zero-order valence-corrected chi connectivity index (χ0v) is 13.4. The Labute approximate surface area is 132 Å². The van der Waals surface area contributed by atoms with Gasteiger partial charge >= 0.3 is 5.97 Å². The van der Waals surface area contributed by atoms with Gasteiger partial charge in [-0.1, -0.05) is 49.0 Å². The summed E-state index contributed by atoms with van der Waals surface area (Å²) >= 11 is 3.17. The Hall–Kier alpha value is -1.37. The molecule has 0 bridgehead atoms. The number of carboxylic acid groups (broad SMARTS) is 1. The Morgan fingerprint density at radius 1 is 1.43 bits per heavy atom. The fourth-order valence-corrected chi connectivity index (χ4v) is 4.01. The molecule has 1 heterocycles. The van der Waals surface area contributed by atoms with Gasteiger partial charge in [0.1, 0.15) is 9.88 Å². The average molecular weight is 322 g/mol. The van der Waals surface area contributed by atoms with Gasteiger partial charge in [-0.25, -0.2) is 9.78 Å². The van der Waals surface area contributed by atoms with Crippen LogP contribution < -0.4 is 5.32 Å². The average Bonchev–Trinajstić information content (AvgIpc) is 3.00. The second-order valence-corrected chi connectivity index (χ2v) is 6.74. The molecule has 0 saturated carbocycles. The molecular formula is C15H18N2O2S2. The van der Waals surface area contributed by atoms with E-state index in [0.29, 0.717) is 18.7 Å². The van der Waals surface area contributed by atoms with Crippen LogP contribution in [0.1, 0.15) is 18.9 Å². The summed E-state index contributed by atoms with van der Waals surface area (Å²) in [5.41, 5.74) is -0.251. The minimum absolute atomic E-state index is 0.504. The molecule has 0 amide bonds. The highest BCUT2D eigenvalue weighted by atomic mass is 32.2. The second-order valence-electron chi connectivity index (χ2n) is 4.50. The highest BCUT2D eigenvalue weighted by molar-refractivity contribution is 8.00. The number of thioether (sulfide) groups is 1. The zero-order valence-electron chi connectivity index (χ0n) is 11.8. The van der Waals surface area contributed by atoms with E-state index in [1.54, 1.807) is 29.3 Å². The van der Waals surface area contributed by atoms with Crippen molar-refractivity contribution in [3.8, 4) is 0 Å². The smallest absolute Gasteiger partial charge is 0.328 e. The molecule has 112 valence electrons. The summed E-state index contributed by atoms with van der Waals surface area (Å²) in [4.78, 5) is 16.1. The molecule has 0 spiro atoms. The summed E-state index contributed by atoms with van der Waals surface area (Å²) in [7, 11) is 0. The molecular weight excluding hydrogens is 304 g/mol. The maximum absolute atomic E-state index is 11.9. The molecule has 0 saturated heterocycles. The van der Waals surface area contributed by atoms with Crippen molar-refractivity contribution in [3.05, 3.63) is 47.5 Å². The molecule has 4 nitrogen and oxygen atoms in total. The number of benzene rings is 1. The number of carbonyl (C=O) groups is 1. The van der Waals surface area contributed by atoms with Crippen molar-refractivity contribution in [3.63, 3.8) is 0 Å². The van der Waals surface area contributed by atoms with Crippen LogP contribution in [0.5, 0.6) is 0 Å². The van der Waals surface area contributed by atoms with Crippen molar-refractivity contribution in [2.24, 2.45) is 0 Å². The van der Waals surface area contributed by atoms with Gasteiger partial charge in [0.2, 0.25) is 0 Å². The quantitative estimate of drug-likeness (QED) is 0.731. The van der Waals surface area contributed by atoms with Crippen LogP contribution in [-0.4, -0.2) is 28.4 Å². The van der Waals surface area contributed by atoms with Crippen LogP contribution in [-0.2, 0) is 10.3 Å². The van der Waals surface area contributed by atoms with E-state index in [1.165, 1.54) is 0 Å². The van der Waals surface area contributed by atoms with Crippen molar-refractivity contribution in [1.29, 1.82) is 0 Å². The van der Waals surface area contributed by atoms with E-state index in [0.717, 1.165) is 9.90 Å². The number of nitrogens with one attached hydrogen (secondary N) is 1. The molecule has 0 aliphatic carbocycles. The van der Waals surface area contributed by atoms with E-state index in [-0.39, 0.29) is 0 Å². The highest BCUT2D eigenvalue weighted by Crippen LogP contribution is 2.30. The van der Waals surface area contributed by atoms with Crippen molar-refractivity contribution < 1.29 is 9.90 Å². The number of likely N-dealkylation sites (N-methyl/N-ethyl adjacent to an activating group) is 1. The van der Waals surface area contributed by atoms with E-state index >= 15 is 0 Å². The molecule has 0 aliphatic rings. The van der Waals surface area contributed by atoms with E-state index in [1.807, 2.05) is 42.6 Å². The third-order valence-corrected chi connectivity index (χ3v) is 5.19. The second kappa shape index (κ2) is 7.59. The highest BCUT2D eigenvalue weighted by Gasteiger charge is 2.39. The Balaban J connectivity index is 2.16. The minimum atomic E-state index is -1.04. The Morgan fingerprint density at radius 2 is 2.19 bits per heavy atom. The molecule has 2 rings (SSSR count). The molecule has 21 heavy (non-hydrogen) atoms. The van der Waals surface area contributed by atoms with Crippen LogP contribution in [0.25, 0.3) is 0 Å². The third-order valence-electron chi connectivity index (χ3n) is 3.22. The molecule has 0 aliphatic heterocycles. The fourth-order valence-electron chi connectivity index (χ4n) is 2.24. The normalized spacial score (nSPS) is 13.8. The van der Waals surface area contributed by atoms with Crippen LogP contribution in [0.2, 0.25) is 0 Å². The Bertz CT molecular complexity index is 560. The van der Waals surface area contributed by atoms with Crippen molar-refractivity contribution in [2.75, 3.05) is 12.3 Å². The van der Waals surface area contributed by atoms with Crippen LogP contribution in [0, 0.1) is 0 Å². The van der Waals surface area contributed by atoms with Crippen LogP contribution in [0.15, 0.2) is 46.2 Å². The molecule has 1 aromatic heterocycles. The first-order chi connectivity index (χ1) is 10.2. The SMILES string of the molecule is CCNC(CCSc1nccs1)(C(=O)O)c1ccccc1. The minimum Gasteiger partial charge on any atom is -0.480 e. The molecule has 2 N–H and O–H groups in total. The van der Waals surface area contributed by atoms with Gasteiger partial charge in [0.05, 0.1) is 0 Å². The lowest BCUT2D eigenvalue weighted by atomic mass is 9.87. The molecule has 1 aromatic carbocycles. The summed E-state index contributed by atoms with van der Waals surface area (Å²) in [6.07, 6.45) is 2.27. The van der Waals surface area contributed by atoms with Crippen LogP contribution in [0.4, 0.5) is 0 Å². The van der Waals surface area contributed by atoms with Crippen molar-refractivity contribution in [2.45, 2.75) is 23.2 Å². The standard InChI is InChI=1S/C15H18N2O2S2/c1-2-17-15(13(18)19,12-6-4-3-5-7-12)8-10-20-14-16-9-11-21-14/h3-7,9,11,17H,2,8,10H2,1H3,(H,18,19). The number of thiazole rings is 1. The van der Waals surface area contributed by atoms with Crippen LogP contribution >= 0.6 is 23.1 Å². The largest absolute Gasteiger partial charge is 0.480 e. The number of aliphatic carboxylic acids is 1. The summed E-state index contributed by atoms with van der Waals surface area (Å²) in [5.74, 6) is -0.142. The lowest BCUT2D eigenvalue weighted by Crippen LogP contribution is -2.49. The number of hydrogen-bond donors (Lipinski definition) is 2. The van der Waals surface area contributed by atoms with Gasteiger partial charge in [-0.3, -0.25) is 5.32 Å². The molecule has 1 atom stereocenters. The van der Waals surface area contributed by atoms with Crippen LogP contribution in [0.3, 0.4) is 0 Å². The van der Waals surface area contributed by atoms with E-state index < -0.39 is 11.5 Å². The van der Waals surface area contributed by atoms with Gasteiger partial charge in [0, 0.05) is 17.3 Å². The molecule has 2 aromatic rings. The van der Waals surface area contributed by atoms with E-state index in [2.05, 4.69) is 10.3 Å². The monoisotopic (exact) mass is 322 g/mol. The Kier molecular flexibility index (Phi) is 5.78. The predicted molar refractivity (Wildman–Crippen MR) is 86.9 cm³/mol. The number of carboxylic acids is 1. The predicted octanol–water partition coefficient (Wildman–Crippen LogP) is 3.21. The maximum Gasteiger partial charge on any atom is 0.328 e. The van der Waals surface area contributed by atoms with Gasteiger partial charge < -0.3 is 5.11 Å². The van der Waals surface area contributed by atoms with Gasteiger partial charge in [0.15, 0.2) is 0 Å². The Morgan fingerprint density at radius 3 is 2.76 bits per heavy atom. The summed E-state index contributed by atoms with van der Waals surface area (Å²) in [5, 5.41) is 14.9. The van der Waals surface area contributed by atoms with Crippen molar-refractivity contribution >= 4 is 29.1 Å². The van der Waals surface area contributed by atoms with Gasteiger partial charge in [-0.15, -0.1) is 11.3 Å². The summed E-state index contributed by atoms with van der Waals surface area (Å²) in [6.45, 7) is 2.53. The lowest BCUT2D eigenvalue weighted by Gasteiger charge is -2.30. The van der Waals surface area contributed by atoms with E-state index in [9.17, 15) is 9.90 Å². The molecule has 6 heteroatoms. The fraction of sp³-hybridized carbons (Fsp3) is 0.333. The van der Waals surface area contributed by atoms with Gasteiger partial charge in [-0.05, 0) is 18.5 Å². The number of hydrogen-bond acceptors (Lipinski definition) is 5. The first kappa shape index (κ1) is 16.0. The van der Waals surface area contributed by atoms with Crippen molar-refractivity contribution in [1.82, 2.24) is 10.3 Å². The zero-order chi connectivity index (χ0) is 15.1. The molecule has 0 radical (unpaired) electrons. The number of rotatable bonds is 8. The first-order valence-corrected chi connectivity index (χ1v) is 8.62. The summed E-state index contributed by atoms with van der Waals surface area (Å²) < 4.78 is 0.971. The lowest BCUT2D eigenvalue weighted by molar-refractivity contribution is -0.145. The van der Waals surface area contributed by atoms with E-state index in [4.69, 9.17) is 0 Å². The third kappa shape index (κ3) is 3.84. The first-order valence-electron chi connectivity index (χ1n) is 6.75. The molecule has 0 fully saturated rings. The number of aromatic nitrogens is 1. The van der Waals surface area contributed by atoms with Gasteiger partial charge in [-0.2, -0.15) is 0 Å². The van der Waals surface area contributed by atoms with Gasteiger partial charge in [0.25, 0.3) is 0 Å². The summed E-state index contributed by atoms with van der Waals surface area (Å²) in [6, 6.07) is 9.37. The maximum atomic E-state index is 11.9. The number of nitrogens with zero attached hydrogens (tertiary/aromatic N) is 1. The topological polar surface area (TPSA) is 62.2 Å². The molecule has 1 unspecified atom stereocenters.